The quantitative estimate of drug-likeness (QED) is 0.601. The fourth-order valence-corrected chi connectivity index (χ4v) is 1.51. The van der Waals surface area contributed by atoms with E-state index in [0.717, 1.165) is 10.9 Å². The summed E-state index contributed by atoms with van der Waals surface area (Å²) >= 11 is 0. The molecule has 96 valence electrons. The van der Waals surface area contributed by atoms with Crippen LogP contribution in [0.1, 0.15) is 20.8 Å². The molecule has 0 aliphatic carbocycles. The van der Waals surface area contributed by atoms with Gasteiger partial charge in [-0.2, -0.15) is 0 Å². The number of ether oxygens (including phenoxy) is 2. The first-order valence-electron chi connectivity index (χ1n) is 5.56. The summed E-state index contributed by atoms with van der Waals surface area (Å²) in [4.78, 5) is 14.4. The molecule has 0 fully saturated rings. The number of fused-ring (bicyclic) bond motifs is 1. The molecule has 1 aromatic heterocycles. The summed E-state index contributed by atoms with van der Waals surface area (Å²) in [6.07, 6.45) is 0.897. The standard InChI is InChI=1S/C13H15NO4/c1-13(2,3)18-12(16)17-11-6-8-4-5-14-9(8)7-10(11)15/h4-7,14-15H,1-3H3. The van der Waals surface area contributed by atoms with Crippen LogP contribution in [-0.2, 0) is 4.74 Å². The molecule has 5 heteroatoms. The number of carbonyl (C=O) groups is 1. The second-order valence-corrected chi connectivity index (χ2v) is 4.95. The Balaban J connectivity index is 2.20. The zero-order valence-corrected chi connectivity index (χ0v) is 10.5. The fraction of sp³-hybridized carbons (Fsp3) is 0.308. The van der Waals surface area contributed by atoms with E-state index >= 15 is 0 Å². The Kier molecular flexibility index (Phi) is 2.90. The Morgan fingerprint density at radius 2 is 2.06 bits per heavy atom. The Hall–Kier alpha value is -2.17. The first-order chi connectivity index (χ1) is 8.35. The summed E-state index contributed by atoms with van der Waals surface area (Å²) in [7, 11) is 0. The number of hydrogen-bond acceptors (Lipinski definition) is 4. The van der Waals surface area contributed by atoms with E-state index in [-0.39, 0.29) is 11.5 Å². The minimum absolute atomic E-state index is 0.0800. The lowest BCUT2D eigenvalue weighted by Gasteiger charge is -2.18. The van der Waals surface area contributed by atoms with Crippen LogP contribution >= 0.6 is 0 Å². The van der Waals surface area contributed by atoms with Crippen molar-refractivity contribution in [2.24, 2.45) is 0 Å². The van der Waals surface area contributed by atoms with Crippen molar-refractivity contribution < 1.29 is 19.4 Å². The van der Waals surface area contributed by atoms with Gasteiger partial charge in [-0.3, -0.25) is 0 Å². The van der Waals surface area contributed by atoms with Crippen LogP contribution in [0.25, 0.3) is 10.9 Å². The number of H-pyrrole nitrogens is 1. The number of phenolic OH excluding ortho intramolecular Hbond substituents is 1. The summed E-state index contributed by atoms with van der Waals surface area (Å²) in [5, 5.41) is 10.6. The zero-order chi connectivity index (χ0) is 13.3. The number of hydrogen-bond donors (Lipinski definition) is 2. The summed E-state index contributed by atoms with van der Waals surface area (Å²) in [5.74, 6) is -0.0350. The number of aromatic hydroxyl groups is 1. The van der Waals surface area contributed by atoms with Crippen molar-refractivity contribution in [2.75, 3.05) is 0 Å². The molecule has 0 bridgehead atoms. The number of aromatic nitrogens is 1. The van der Waals surface area contributed by atoms with Gasteiger partial charge in [-0.05, 0) is 32.9 Å². The van der Waals surface area contributed by atoms with Gasteiger partial charge in [0.2, 0.25) is 0 Å². The topological polar surface area (TPSA) is 71.5 Å². The Morgan fingerprint density at radius 1 is 1.33 bits per heavy atom. The average molecular weight is 249 g/mol. The smallest absolute Gasteiger partial charge is 0.504 e. The lowest BCUT2D eigenvalue weighted by Crippen LogP contribution is -2.25. The molecule has 0 aliphatic rings. The predicted octanol–water partition coefficient (Wildman–Crippen LogP) is 3.19. The van der Waals surface area contributed by atoms with Crippen molar-refractivity contribution >= 4 is 17.1 Å². The van der Waals surface area contributed by atoms with Gasteiger partial charge in [0.25, 0.3) is 0 Å². The van der Waals surface area contributed by atoms with Crippen molar-refractivity contribution in [3.8, 4) is 11.5 Å². The number of benzene rings is 1. The van der Waals surface area contributed by atoms with E-state index in [1.165, 1.54) is 6.07 Å². The molecule has 0 radical (unpaired) electrons. The maximum Gasteiger partial charge on any atom is 0.514 e. The van der Waals surface area contributed by atoms with Crippen LogP contribution in [0.3, 0.4) is 0 Å². The summed E-state index contributed by atoms with van der Waals surface area (Å²) in [5.41, 5.74) is 0.134. The van der Waals surface area contributed by atoms with Gasteiger partial charge < -0.3 is 19.6 Å². The monoisotopic (exact) mass is 249 g/mol. The highest BCUT2D eigenvalue weighted by Gasteiger charge is 2.19. The van der Waals surface area contributed by atoms with E-state index in [9.17, 15) is 9.90 Å². The third-order valence-corrected chi connectivity index (χ3v) is 2.22. The van der Waals surface area contributed by atoms with Gasteiger partial charge in [-0.15, -0.1) is 0 Å². The molecule has 0 atom stereocenters. The molecule has 0 amide bonds. The van der Waals surface area contributed by atoms with Crippen LogP contribution in [0.5, 0.6) is 11.5 Å². The van der Waals surface area contributed by atoms with Gasteiger partial charge in [0.1, 0.15) is 5.60 Å². The van der Waals surface area contributed by atoms with Crippen molar-refractivity contribution in [3.05, 3.63) is 24.4 Å². The Labute approximate surface area is 104 Å². The molecule has 1 heterocycles. The molecule has 18 heavy (non-hydrogen) atoms. The normalized spacial score (nSPS) is 11.5. The van der Waals surface area contributed by atoms with Crippen LogP contribution in [0.4, 0.5) is 4.79 Å². The van der Waals surface area contributed by atoms with Crippen molar-refractivity contribution in [1.82, 2.24) is 4.98 Å². The second-order valence-electron chi connectivity index (χ2n) is 4.95. The molecule has 0 aliphatic heterocycles. The summed E-state index contributed by atoms with van der Waals surface area (Å²) < 4.78 is 9.98. The van der Waals surface area contributed by atoms with Crippen LogP contribution < -0.4 is 4.74 Å². The summed E-state index contributed by atoms with van der Waals surface area (Å²) in [6.45, 7) is 5.22. The lowest BCUT2D eigenvalue weighted by molar-refractivity contribution is 0.0201. The highest BCUT2D eigenvalue weighted by molar-refractivity contribution is 5.84. The van der Waals surface area contributed by atoms with Crippen molar-refractivity contribution in [1.29, 1.82) is 0 Å². The zero-order valence-electron chi connectivity index (χ0n) is 10.5. The first-order valence-corrected chi connectivity index (χ1v) is 5.56. The van der Waals surface area contributed by atoms with Crippen LogP contribution in [0.2, 0.25) is 0 Å². The Bertz CT molecular complexity index is 580. The number of phenols is 1. The van der Waals surface area contributed by atoms with Crippen LogP contribution in [-0.4, -0.2) is 21.8 Å². The SMILES string of the molecule is CC(C)(C)OC(=O)Oc1cc2cc[nH]c2cc1O. The minimum Gasteiger partial charge on any atom is -0.504 e. The van der Waals surface area contributed by atoms with E-state index in [1.807, 2.05) is 6.07 Å². The highest BCUT2D eigenvalue weighted by atomic mass is 16.7. The number of aromatic amines is 1. The molecule has 2 N–H and O–H groups in total. The fourth-order valence-electron chi connectivity index (χ4n) is 1.51. The third-order valence-electron chi connectivity index (χ3n) is 2.22. The van der Waals surface area contributed by atoms with Gasteiger partial charge in [-0.25, -0.2) is 4.79 Å². The summed E-state index contributed by atoms with van der Waals surface area (Å²) in [6, 6.07) is 4.89. The number of rotatable bonds is 1. The first kappa shape index (κ1) is 12.3. The molecule has 0 saturated carbocycles. The molecule has 5 nitrogen and oxygen atoms in total. The molecule has 2 aromatic rings. The van der Waals surface area contributed by atoms with E-state index < -0.39 is 11.8 Å². The van der Waals surface area contributed by atoms with Crippen molar-refractivity contribution in [2.45, 2.75) is 26.4 Å². The highest BCUT2D eigenvalue weighted by Crippen LogP contribution is 2.31. The second kappa shape index (κ2) is 4.25. The lowest BCUT2D eigenvalue weighted by atomic mass is 10.2. The maximum atomic E-state index is 11.5. The van der Waals surface area contributed by atoms with E-state index in [1.54, 1.807) is 33.0 Å². The molecule has 0 saturated heterocycles. The molecule has 0 unspecified atom stereocenters. The van der Waals surface area contributed by atoms with Gasteiger partial charge >= 0.3 is 6.16 Å². The van der Waals surface area contributed by atoms with E-state index in [2.05, 4.69) is 4.98 Å². The Morgan fingerprint density at radius 3 is 2.72 bits per heavy atom. The largest absolute Gasteiger partial charge is 0.514 e. The predicted molar refractivity (Wildman–Crippen MR) is 66.8 cm³/mol. The van der Waals surface area contributed by atoms with Crippen molar-refractivity contribution in [3.63, 3.8) is 0 Å². The molecular formula is C13H15NO4. The molecular weight excluding hydrogens is 234 g/mol. The van der Waals surface area contributed by atoms with Crippen LogP contribution in [0.15, 0.2) is 24.4 Å². The van der Waals surface area contributed by atoms with E-state index in [0.29, 0.717) is 0 Å². The molecule has 1 aromatic carbocycles. The van der Waals surface area contributed by atoms with Crippen LogP contribution in [0, 0.1) is 0 Å². The average Bonchev–Trinajstić information content (AvgIpc) is 2.62. The van der Waals surface area contributed by atoms with Gasteiger partial charge in [0.15, 0.2) is 11.5 Å². The third kappa shape index (κ3) is 2.74. The van der Waals surface area contributed by atoms with Gasteiger partial charge in [0.05, 0.1) is 0 Å². The molecule has 2 rings (SSSR count). The number of carbonyl (C=O) groups excluding carboxylic acids is 1. The molecule has 0 spiro atoms. The maximum absolute atomic E-state index is 11.5. The number of nitrogens with one attached hydrogen (secondary N) is 1. The van der Waals surface area contributed by atoms with Gasteiger partial charge in [-0.1, -0.05) is 0 Å². The van der Waals surface area contributed by atoms with Gasteiger partial charge in [0, 0.05) is 23.2 Å². The van der Waals surface area contributed by atoms with E-state index in [4.69, 9.17) is 9.47 Å². The minimum atomic E-state index is -0.840.